The number of halogens is 1. The molecule has 1 aromatic heterocycles. The summed E-state index contributed by atoms with van der Waals surface area (Å²) in [5.41, 5.74) is 6.79. The second-order valence-electron chi connectivity index (χ2n) is 6.29. The van der Waals surface area contributed by atoms with E-state index in [0.29, 0.717) is 22.3 Å². The zero-order valence-electron chi connectivity index (χ0n) is 13.2. The monoisotopic (exact) mass is 338 g/mol. The summed E-state index contributed by atoms with van der Waals surface area (Å²) in [4.78, 5) is 23.8. The third-order valence-electron chi connectivity index (χ3n) is 4.51. The first-order valence-corrected chi connectivity index (χ1v) is 7.93. The Labute approximate surface area is 142 Å². The first-order valence-electron chi connectivity index (χ1n) is 7.93. The predicted octanol–water partition coefficient (Wildman–Crippen LogP) is 3.42. The number of anilines is 1. The van der Waals surface area contributed by atoms with E-state index in [9.17, 15) is 19.1 Å². The highest BCUT2D eigenvalue weighted by molar-refractivity contribution is 5.94. The largest absolute Gasteiger partial charge is 0.477 e. The number of benzene rings is 2. The first kappa shape index (κ1) is 15.4. The van der Waals surface area contributed by atoms with Crippen LogP contribution in [0.2, 0.25) is 0 Å². The van der Waals surface area contributed by atoms with Crippen LogP contribution in [0, 0.1) is 5.82 Å². The van der Waals surface area contributed by atoms with Crippen LogP contribution >= 0.6 is 0 Å². The Kier molecular flexibility index (Phi) is 3.35. The molecule has 1 saturated carbocycles. The second-order valence-corrected chi connectivity index (χ2v) is 6.29. The predicted molar refractivity (Wildman–Crippen MR) is 93.2 cm³/mol. The zero-order chi connectivity index (χ0) is 17.7. The van der Waals surface area contributed by atoms with Gasteiger partial charge in [0, 0.05) is 28.9 Å². The third-order valence-corrected chi connectivity index (χ3v) is 4.51. The molecule has 3 aromatic rings. The molecule has 0 radical (unpaired) electrons. The molecule has 6 heteroatoms. The molecular weight excluding hydrogens is 323 g/mol. The molecule has 0 atom stereocenters. The van der Waals surface area contributed by atoms with Crippen LogP contribution in [0.5, 0.6) is 0 Å². The van der Waals surface area contributed by atoms with Crippen LogP contribution < -0.4 is 11.2 Å². The van der Waals surface area contributed by atoms with Crippen molar-refractivity contribution in [3.63, 3.8) is 0 Å². The molecule has 2 aromatic carbocycles. The van der Waals surface area contributed by atoms with Crippen molar-refractivity contribution in [2.24, 2.45) is 0 Å². The van der Waals surface area contributed by atoms with Gasteiger partial charge in [0.05, 0.1) is 5.52 Å². The molecule has 1 aliphatic carbocycles. The number of carbonyl (C=O) groups is 1. The summed E-state index contributed by atoms with van der Waals surface area (Å²) in [7, 11) is 0. The number of aromatic nitrogens is 1. The molecule has 0 bridgehead atoms. The molecule has 25 heavy (non-hydrogen) atoms. The number of pyridine rings is 1. The average Bonchev–Trinajstić information content (AvgIpc) is 3.41. The number of nitrogens with two attached hydrogens (primary N) is 1. The maximum absolute atomic E-state index is 14.6. The molecule has 0 amide bonds. The number of fused-ring (bicyclic) bond motifs is 1. The lowest BCUT2D eigenvalue weighted by Crippen LogP contribution is -2.19. The maximum Gasteiger partial charge on any atom is 0.341 e. The number of hydrogen-bond donors (Lipinski definition) is 2. The van der Waals surface area contributed by atoms with Crippen molar-refractivity contribution in [1.82, 2.24) is 4.57 Å². The standard InChI is InChI=1S/C19H15FN2O3/c20-16-7-14-17(8-13(16)10-1-3-11(21)4-2-10)22(12-5-6-12)9-15(18(14)23)19(24)25/h1-4,7-9,12H,5-6,21H2,(H,24,25). The first-order chi connectivity index (χ1) is 12.0. The van der Waals surface area contributed by atoms with Gasteiger partial charge in [0.1, 0.15) is 11.4 Å². The zero-order valence-corrected chi connectivity index (χ0v) is 13.2. The van der Waals surface area contributed by atoms with Crippen LogP contribution in [-0.4, -0.2) is 15.6 Å². The van der Waals surface area contributed by atoms with Gasteiger partial charge in [0.25, 0.3) is 0 Å². The quantitative estimate of drug-likeness (QED) is 0.717. The van der Waals surface area contributed by atoms with Crippen molar-refractivity contribution < 1.29 is 14.3 Å². The summed E-state index contributed by atoms with van der Waals surface area (Å²) in [6, 6.07) is 9.68. The number of carboxylic acid groups (broad SMARTS) is 1. The van der Waals surface area contributed by atoms with Crippen molar-refractivity contribution in [2.75, 3.05) is 5.73 Å². The van der Waals surface area contributed by atoms with Crippen molar-refractivity contribution in [3.8, 4) is 11.1 Å². The molecule has 5 nitrogen and oxygen atoms in total. The summed E-state index contributed by atoms with van der Waals surface area (Å²) in [5.74, 6) is -1.87. The molecule has 1 aliphatic rings. The van der Waals surface area contributed by atoms with Crippen molar-refractivity contribution in [2.45, 2.75) is 18.9 Å². The molecule has 4 rings (SSSR count). The van der Waals surface area contributed by atoms with Gasteiger partial charge in [-0.25, -0.2) is 9.18 Å². The van der Waals surface area contributed by atoms with E-state index in [0.717, 1.165) is 18.9 Å². The molecule has 1 heterocycles. The number of nitrogens with zero attached hydrogens (tertiary/aromatic N) is 1. The van der Waals surface area contributed by atoms with E-state index in [1.165, 1.54) is 6.20 Å². The third kappa shape index (κ3) is 2.55. The molecule has 126 valence electrons. The van der Waals surface area contributed by atoms with Crippen molar-refractivity contribution in [3.05, 3.63) is 64.2 Å². The average molecular weight is 338 g/mol. The molecule has 1 fully saturated rings. The van der Waals surface area contributed by atoms with Crippen molar-refractivity contribution in [1.29, 1.82) is 0 Å². The Hall–Kier alpha value is -3.15. The van der Waals surface area contributed by atoms with Crippen LogP contribution in [0.15, 0.2) is 47.4 Å². The molecule has 0 saturated heterocycles. The minimum Gasteiger partial charge on any atom is -0.477 e. The van der Waals surface area contributed by atoms with Gasteiger partial charge in [-0.2, -0.15) is 0 Å². The number of hydrogen-bond acceptors (Lipinski definition) is 3. The SMILES string of the molecule is Nc1ccc(-c2cc3c(cc2F)c(=O)c(C(=O)O)cn3C2CC2)cc1. The fraction of sp³-hybridized carbons (Fsp3) is 0.158. The topological polar surface area (TPSA) is 85.3 Å². The fourth-order valence-electron chi connectivity index (χ4n) is 3.06. The van der Waals surface area contributed by atoms with Crippen LogP contribution in [0.1, 0.15) is 29.2 Å². The minimum absolute atomic E-state index is 0.0866. The number of rotatable bonds is 3. The molecular formula is C19H15FN2O3. The van der Waals surface area contributed by atoms with E-state index in [1.54, 1.807) is 34.9 Å². The lowest BCUT2D eigenvalue weighted by atomic mass is 10.0. The van der Waals surface area contributed by atoms with Crippen molar-refractivity contribution >= 4 is 22.6 Å². The number of carboxylic acids is 1. The van der Waals surface area contributed by atoms with Gasteiger partial charge >= 0.3 is 5.97 Å². The van der Waals surface area contributed by atoms with E-state index < -0.39 is 17.2 Å². The molecule has 3 N–H and O–H groups in total. The summed E-state index contributed by atoms with van der Waals surface area (Å²) in [6.45, 7) is 0. The van der Waals surface area contributed by atoms with E-state index in [2.05, 4.69) is 0 Å². The van der Waals surface area contributed by atoms with Gasteiger partial charge < -0.3 is 15.4 Å². The van der Waals surface area contributed by atoms with Gasteiger partial charge in [-0.05, 0) is 42.7 Å². The summed E-state index contributed by atoms with van der Waals surface area (Å²) in [5, 5.41) is 9.35. The van der Waals surface area contributed by atoms with Crippen LogP contribution in [0.4, 0.5) is 10.1 Å². The van der Waals surface area contributed by atoms with Gasteiger partial charge in [-0.1, -0.05) is 12.1 Å². The fourth-order valence-corrected chi connectivity index (χ4v) is 3.06. The van der Waals surface area contributed by atoms with Crippen LogP contribution in [0.3, 0.4) is 0 Å². The lowest BCUT2D eigenvalue weighted by Gasteiger charge is -2.14. The van der Waals surface area contributed by atoms with Crippen LogP contribution in [0.25, 0.3) is 22.0 Å². The normalized spacial score (nSPS) is 14.0. The Balaban J connectivity index is 2.03. The number of nitrogen functional groups attached to an aromatic ring is 1. The molecule has 0 unspecified atom stereocenters. The van der Waals surface area contributed by atoms with Crippen LogP contribution in [-0.2, 0) is 0 Å². The van der Waals surface area contributed by atoms with Gasteiger partial charge in [0.2, 0.25) is 5.43 Å². The highest BCUT2D eigenvalue weighted by Gasteiger charge is 2.27. The van der Waals surface area contributed by atoms with Gasteiger partial charge in [-0.3, -0.25) is 4.79 Å². The molecule has 0 aliphatic heterocycles. The smallest absolute Gasteiger partial charge is 0.341 e. The Morgan fingerprint density at radius 3 is 2.48 bits per heavy atom. The summed E-state index contributed by atoms with van der Waals surface area (Å²) < 4.78 is 16.4. The Bertz CT molecular complexity index is 1070. The summed E-state index contributed by atoms with van der Waals surface area (Å²) >= 11 is 0. The maximum atomic E-state index is 14.6. The molecule has 0 spiro atoms. The Morgan fingerprint density at radius 1 is 1.20 bits per heavy atom. The minimum atomic E-state index is -1.30. The van der Waals surface area contributed by atoms with E-state index in [-0.39, 0.29) is 17.0 Å². The Morgan fingerprint density at radius 2 is 1.88 bits per heavy atom. The highest BCUT2D eigenvalue weighted by atomic mass is 19.1. The highest BCUT2D eigenvalue weighted by Crippen LogP contribution is 2.38. The van der Waals surface area contributed by atoms with E-state index in [4.69, 9.17) is 5.73 Å². The lowest BCUT2D eigenvalue weighted by molar-refractivity contribution is 0.0695. The number of aromatic carboxylic acids is 1. The van der Waals surface area contributed by atoms with E-state index in [1.807, 2.05) is 0 Å². The summed E-state index contributed by atoms with van der Waals surface area (Å²) in [6.07, 6.45) is 3.19. The van der Waals surface area contributed by atoms with E-state index >= 15 is 0 Å². The van der Waals surface area contributed by atoms with Gasteiger partial charge in [-0.15, -0.1) is 0 Å². The van der Waals surface area contributed by atoms with Gasteiger partial charge in [0.15, 0.2) is 0 Å². The second kappa shape index (κ2) is 5.44.